The van der Waals surface area contributed by atoms with Crippen molar-refractivity contribution < 1.29 is 32.8 Å². The molecule has 8 nitrogen and oxygen atoms in total. The quantitative estimate of drug-likeness (QED) is 0.447. The van der Waals surface area contributed by atoms with Crippen LogP contribution in [0, 0.1) is 0 Å². The van der Waals surface area contributed by atoms with Crippen LogP contribution in [0.15, 0.2) is 0 Å². The summed E-state index contributed by atoms with van der Waals surface area (Å²) >= 11 is 0. The van der Waals surface area contributed by atoms with Gasteiger partial charge in [-0.1, -0.05) is 6.92 Å². The van der Waals surface area contributed by atoms with E-state index in [-0.39, 0.29) is 6.42 Å². The fourth-order valence-corrected chi connectivity index (χ4v) is 0.895. The van der Waals surface area contributed by atoms with Gasteiger partial charge in [0.15, 0.2) is 0 Å². The molecule has 0 rings (SSSR count). The standard InChI is InChI=1S/C3H7NO5S.C3H6O2/c4-2(3(5)6)1-10(7,8)9;1-2-3(4)5/h2H,1,4H2,(H,5,6)(H,7,8,9);2H2,1H3,(H,4,5)/t2-;/m1./s1. The highest BCUT2D eigenvalue weighted by Gasteiger charge is 2.18. The largest absolute Gasteiger partial charge is 0.481 e. The van der Waals surface area contributed by atoms with Gasteiger partial charge in [-0.25, -0.2) is 0 Å². The lowest BCUT2D eigenvalue weighted by molar-refractivity contribution is -0.138. The number of carboxylic acids is 2. The molecule has 0 amide bonds. The first-order valence-electron chi connectivity index (χ1n) is 3.75. The van der Waals surface area contributed by atoms with Crippen LogP contribution in [0.2, 0.25) is 0 Å². The van der Waals surface area contributed by atoms with Gasteiger partial charge in [0.25, 0.3) is 10.1 Å². The van der Waals surface area contributed by atoms with Crippen LogP contribution in [0.5, 0.6) is 0 Å². The molecule has 0 aromatic heterocycles. The van der Waals surface area contributed by atoms with E-state index in [1.54, 1.807) is 6.92 Å². The summed E-state index contributed by atoms with van der Waals surface area (Å²) in [6.07, 6.45) is 0.222. The lowest BCUT2D eigenvalue weighted by atomic mass is 10.4. The van der Waals surface area contributed by atoms with Crippen LogP contribution in [-0.4, -0.2) is 46.9 Å². The van der Waals surface area contributed by atoms with Crippen molar-refractivity contribution in [2.75, 3.05) is 5.75 Å². The van der Waals surface area contributed by atoms with E-state index in [0.717, 1.165) is 0 Å². The maximum atomic E-state index is 9.96. The Morgan fingerprint density at radius 2 is 1.67 bits per heavy atom. The zero-order valence-corrected chi connectivity index (χ0v) is 8.77. The van der Waals surface area contributed by atoms with Crippen LogP contribution in [0.25, 0.3) is 0 Å². The number of nitrogens with two attached hydrogens (primary N) is 1. The van der Waals surface area contributed by atoms with Crippen molar-refractivity contribution in [3.05, 3.63) is 0 Å². The summed E-state index contributed by atoms with van der Waals surface area (Å²) in [5.74, 6) is -3.16. The van der Waals surface area contributed by atoms with Gasteiger partial charge in [0.2, 0.25) is 0 Å². The second kappa shape index (κ2) is 7.15. The molecule has 15 heavy (non-hydrogen) atoms. The number of hydrogen-bond donors (Lipinski definition) is 4. The Balaban J connectivity index is 0. The van der Waals surface area contributed by atoms with E-state index >= 15 is 0 Å². The molecule has 0 aliphatic carbocycles. The third-order valence-corrected chi connectivity index (χ3v) is 1.79. The average molecular weight is 243 g/mol. The smallest absolute Gasteiger partial charge is 0.321 e. The Morgan fingerprint density at radius 3 is 1.73 bits per heavy atom. The second-order valence-corrected chi connectivity index (χ2v) is 3.94. The Morgan fingerprint density at radius 1 is 1.33 bits per heavy atom. The number of hydrogen-bond acceptors (Lipinski definition) is 5. The number of rotatable bonds is 4. The van der Waals surface area contributed by atoms with E-state index in [1.165, 1.54) is 0 Å². The van der Waals surface area contributed by atoms with Crippen LogP contribution in [-0.2, 0) is 19.7 Å². The lowest BCUT2D eigenvalue weighted by Gasteiger charge is -2.01. The number of carbonyl (C=O) groups is 2. The molecular weight excluding hydrogens is 230 g/mol. The van der Waals surface area contributed by atoms with E-state index < -0.39 is 33.9 Å². The summed E-state index contributed by atoms with van der Waals surface area (Å²) in [6.45, 7) is 1.60. The van der Waals surface area contributed by atoms with Gasteiger partial charge in [-0.15, -0.1) is 0 Å². The summed E-state index contributed by atoms with van der Waals surface area (Å²) in [4.78, 5) is 19.2. The Kier molecular flexibility index (Phi) is 7.74. The minimum atomic E-state index is -4.27. The zero-order valence-electron chi connectivity index (χ0n) is 7.95. The molecule has 0 aliphatic rings. The average Bonchev–Trinajstić information content (AvgIpc) is 2.02. The van der Waals surface area contributed by atoms with Crippen molar-refractivity contribution >= 4 is 22.1 Å². The van der Waals surface area contributed by atoms with Gasteiger partial charge in [0, 0.05) is 6.42 Å². The molecule has 0 saturated heterocycles. The van der Waals surface area contributed by atoms with Crippen LogP contribution in [0.1, 0.15) is 13.3 Å². The van der Waals surface area contributed by atoms with Gasteiger partial charge in [-0.05, 0) is 0 Å². The predicted molar refractivity (Wildman–Crippen MR) is 50.0 cm³/mol. The molecular formula is C6H13NO7S. The molecule has 0 radical (unpaired) electrons. The van der Waals surface area contributed by atoms with Gasteiger partial charge < -0.3 is 15.9 Å². The normalized spacial score (nSPS) is 12.2. The van der Waals surface area contributed by atoms with Crippen molar-refractivity contribution in [3.8, 4) is 0 Å². The summed E-state index contributed by atoms with van der Waals surface area (Å²) in [6, 6.07) is -1.56. The van der Waals surface area contributed by atoms with Crippen LogP contribution in [0.4, 0.5) is 0 Å². The van der Waals surface area contributed by atoms with Gasteiger partial charge in [-0.2, -0.15) is 8.42 Å². The second-order valence-electron chi connectivity index (χ2n) is 2.44. The number of aliphatic carboxylic acids is 2. The minimum Gasteiger partial charge on any atom is -0.481 e. The molecule has 0 aliphatic heterocycles. The van der Waals surface area contributed by atoms with Crippen LogP contribution < -0.4 is 5.73 Å². The molecule has 1 atom stereocenters. The molecule has 0 unspecified atom stereocenters. The van der Waals surface area contributed by atoms with Crippen LogP contribution in [0.3, 0.4) is 0 Å². The fraction of sp³-hybridized carbons (Fsp3) is 0.667. The summed E-state index contributed by atoms with van der Waals surface area (Å²) < 4.78 is 28.0. The van der Waals surface area contributed by atoms with Crippen molar-refractivity contribution in [1.82, 2.24) is 0 Å². The molecule has 9 heteroatoms. The van der Waals surface area contributed by atoms with E-state index in [9.17, 15) is 18.0 Å². The maximum absolute atomic E-state index is 9.96. The summed E-state index contributed by atoms with van der Waals surface area (Å²) in [5.41, 5.74) is 4.76. The van der Waals surface area contributed by atoms with E-state index in [1.807, 2.05) is 0 Å². The summed E-state index contributed by atoms with van der Waals surface area (Å²) in [5, 5.41) is 15.8. The van der Waals surface area contributed by atoms with Gasteiger partial charge >= 0.3 is 11.9 Å². The monoisotopic (exact) mass is 243 g/mol. The fourth-order valence-electron chi connectivity index (χ4n) is 0.298. The van der Waals surface area contributed by atoms with Crippen molar-refractivity contribution in [1.29, 1.82) is 0 Å². The van der Waals surface area contributed by atoms with Crippen molar-refractivity contribution in [2.45, 2.75) is 19.4 Å². The predicted octanol–water partition coefficient (Wildman–Crippen LogP) is -1.23. The SMILES string of the molecule is CCC(=O)O.N[C@H](CS(=O)(=O)O)C(=O)O. The van der Waals surface area contributed by atoms with Gasteiger partial charge in [0.05, 0.1) is 0 Å². The van der Waals surface area contributed by atoms with E-state index in [0.29, 0.717) is 0 Å². The molecule has 90 valence electrons. The highest BCUT2D eigenvalue weighted by Crippen LogP contribution is 1.86. The van der Waals surface area contributed by atoms with Gasteiger partial charge in [-0.3, -0.25) is 14.1 Å². The minimum absolute atomic E-state index is 0.222. The number of carboxylic acid groups (broad SMARTS) is 2. The lowest BCUT2D eigenvalue weighted by Crippen LogP contribution is -2.36. The first-order chi connectivity index (χ1) is 6.60. The van der Waals surface area contributed by atoms with Gasteiger partial charge in [0.1, 0.15) is 11.8 Å². The third kappa shape index (κ3) is 15.6. The molecule has 0 bridgehead atoms. The Labute approximate surface area is 86.4 Å². The van der Waals surface area contributed by atoms with E-state index in [4.69, 9.17) is 20.5 Å². The molecule has 0 saturated carbocycles. The zero-order chi connectivity index (χ0) is 12.6. The van der Waals surface area contributed by atoms with Crippen LogP contribution >= 0.6 is 0 Å². The summed E-state index contributed by atoms with van der Waals surface area (Å²) in [7, 11) is -4.27. The first-order valence-corrected chi connectivity index (χ1v) is 5.36. The first kappa shape index (κ1) is 16.2. The Hall–Kier alpha value is -1.19. The molecule has 0 aromatic rings. The molecule has 0 heterocycles. The molecule has 0 aromatic carbocycles. The van der Waals surface area contributed by atoms with E-state index in [2.05, 4.69) is 0 Å². The highest BCUT2D eigenvalue weighted by molar-refractivity contribution is 7.85. The highest BCUT2D eigenvalue weighted by atomic mass is 32.2. The van der Waals surface area contributed by atoms with Crippen molar-refractivity contribution in [2.24, 2.45) is 5.73 Å². The maximum Gasteiger partial charge on any atom is 0.321 e. The molecule has 5 N–H and O–H groups in total. The molecule has 0 spiro atoms. The molecule has 0 fully saturated rings. The Bertz CT molecular complexity index is 309. The van der Waals surface area contributed by atoms with Crippen molar-refractivity contribution in [3.63, 3.8) is 0 Å². The topological polar surface area (TPSA) is 155 Å². The third-order valence-electron chi connectivity index (χ3n) is 1.01.